The molecule has 1 heterocycles. The van der Waals surface area contributed by atoms with Crippen LogP contribution in [-0.2, 0) is 10.0 Å². The number of anilines is 2. The third kappa shape index (κ3) is 4.56. The van der Waals surface area contributed by atoms with Crippen LogP contribution in [0.3, 0.4) is 0 Å². The van der Waals surface area contributed by atoms with Gasteiger partial charge in [0.25, 0.3) is 15.9 Å². The fourth-order valence-electron chi connectivity index (χ4n) is 3.00. The number of rotatable bonds is 5. The Morgan fingerprint density at radius 2 is 1.77 bits per heavy atom. The molecule has 2 N–H and O–H groups in total. The number of benzene rings is 3. The lowest BCUT2D eigenvalue weighted by Gasteiger charge is -2.09. The predicted octanol–water partition coefficient (Wildman–Crippen LogP) is 5.62. The Balaban J connectivity index is 1.54. The van der Waals surface area contributed by atoms with E-state index in [1.165, 1.54) is 41.7 Å². The van der Waals surface area contributed by atoms with Crippen LogP contribution < -0.4 is 10.0 Å². The monoisotopic (exact) mass is 471 g/mol. The van der Waals surface area contributed by atoms with Gasteiger partial charge >= 0.3 is 0 Å². The van der Waals surface area contributed by atoms with E-state index in [0.29, 0.717) is 15.7 Å². The molecule has 31 heavy (non-hydrogen) atoms. The Morgan fingerprint density at radius 1 is 1.03 bits per heavy atom. The molecule has 0 unspecified atom stereocenters. The Morgan fingerprint density at radius 3 is 2.52 bits per heavy atom. The zero-order valence-corrected chi connectivity index (χ0v) is 19.0. The number of halogens is 1. The number of thiazole rings is 1. The Labute approximate surface area is 189 Å². The molecule has 9 heteroatoms. The van der Waals surface area contributed by atoms with Crippen LogP contribution in [-0.4, -0.2) is 19.3 Å². The quantitative estimate of drug-likeness (QED) is 0.395. The van der Waals surface area contributed by atoms with Gasteiger partial charge in [0.2, 0.25) is 0 Å². The van der Waals surface area contributed by atoms with E-state index in [4.69, 9.17) is 11.6 Å². The molecule has 6 nitrogen and oxygen atoms in total. The summed E-state index contributed by atoms with van der Waals surface area (Å²) in [6.45, 7) is 4.02. The number of carbonyl (C=O) groups excluding carboxylic acids is 1. The molecule has 0 fully saturated rings. The molecule has 1 aromatic heterocycles. The number of aromatic nitrogens is 1. The van der Waals surface area contributed by atoms with Crippen molar-refractivity contribution >= 4 is 59.9 Å². The van der Waals surface area contributed by atoms with Crippen molar-refractivity contribution in [2.45, 2.75) is 18.7 Å². The summed E-state index contributed by atoms with van der Waals surface area (Å²) in [5, 5.41) is 3.73. The number of hydrogen-bond acceptors (Lipinski definition) is 5. The summed E-state index contributed by atoms with van der Waals surface area (Å²) in [6.07, 6.45) is 0. The van der Waals surface area contributed by atoms with Crippen LogP contribution in [0.15, 0.2) is 65.6 Å². The summed E-state index contributed by atoms with van der Waals surface area (Å²) in [6, 6.07) is 16.1. The van der Waals surface area contributed by atoms with E-state index in [9.17, 15) is 13.2 Å². The molecule has 4 rings (SSSR count). The molecule has 3 aromatic carbocycles. The van der Waals surface area contributed by atoms with Gasteiger partial charge in [-0.25, -0.2) is 13.4 Å². The molecule has 0 saturated heterocycles. The molecule has 4 aromatic rings. The third-order valence-corrected chi connectivity index (χ3v) is 7.39. The Hall–Kier alpha value is -2.94. The maximum Gasteiger partial charge on any atom is 0.261 e. The topological polar surface area (TPSA) is 88.2 Å². The van der Waals surface area contributed by atoms with E-state index in [1.54, 1.807) is 18.2 Å². The molecule has 1 amide bonds. The van der Waals surface area contributed by atoms with Crippen molar-refractivity contribution in [3.63, 3.8) is 0 Å². The molecule has 0 aliphatic heterocycles. The summed E-state index contributed by atoms with van der Waals surface area (Å²) in [7, 11) is -3.81. The maximum atomic E-state index is 12.7. The smallest absolute Gasteiger partial charge is 0.261 e. The number of hydrogen-bond donors (Lipinski definition) is 2. The number of amides is 1. The van der Waals surface area contributed by atoms with Crippen molar-refractivity contribution in [2.24, 2.45) is 0 Å². The van der Waals surface area contributed by atoms with Gasteiger partial charge in [-0.1, -0.05) is 35.1 Å². The molecular formula is C22H18ClN3O3S2. The standard InChI is InChI=1S/C22H18ClN3O3S2/c1-13-6-11-19-20(14(13)2)24-22(30-19)25-21(27)15-4-3-5-17(12-15)26-31(28,29)18-9-7-16(23)8-10-18/h3-12,26H,1-2H3,(H,24,25,27). The lowest BCUT2D eigenvalue weighted by molar-refractivity contribution is 0.102. The predicted molar refractivity (Wildman–Crippen MR) is 126 cm³/mol. The van der Waals surface area contributed by atoms with E-state index in [2.05, 4.69) is 15.0 Å². The Bertz CT molecular complexity index is 1400. The van der Waals surface area contributed by atoms with Gasteiger partial charge in [0.05, 0.1) is 15.1 Å². The summed E-state index contributed by atoms with van der Waals surface area (Å²) in [4.78, 5) is 17.3. The highest BCUT2D eigenvalue weighted by Crippen LogP contribution is 2.30. The second-order valence-electron chi connectivity index (χ2n) is 6.97. The molecule has 158 valence electrons. The van der Waals surface area contributed by atoms with E-state index in [0.717, 1.165) is 21.3 Å². The first-order chi connectivity index (χ1) is 14.7. The van der Waals surface area contributed by atoms with E-state index < -0.39 is 10.0 Å². The van der Waals surface area contributed by atoms with Crippen molar-refractivity contribution in [2.75, 3.05) is 10.0 Å². The summed E-state index contributed by atoms with van der Waals surface area (Å²) >= 11 is 7.21. The summed E-state index contributed by atoms with van der Waals surface area (Å²) in [5.74, 6) is -0.374. The second kappa shape index (κ2) is 8.30. The van der Waals surface area contributed by atoms with Gasteiger partial charge in [-0.2, -0.15) is 0 Å². The van der Waals surface area contributed by atoms with Crippen LogP contribution >= 0.6 is 22.9 Å². The molecule has 0 aliphatic rings. The molecule has 0 spiro atoms. The minimum atomic E-state index is -3.81. The number of aryl methyl sites for hydroxylation is 2. The molecule has 0 radical (unpaired) electrons. The molecule has 0 bridgehead atoms. The van der Waals surface area contributed by atoms with Crippen molar-refractivity contribution in [3.05, 3.63) is 82.4 Å². The summed E-state index contributed by atoms with van der Waals surface area (Å²) in [5.41, 5.74) is 3.66. The largest absolute Gasteiger partial charge is 0.298 e. The zero-order chi connectivity index (χ0) is 22.2. The molecule has 0 saturated carbocycles. The number of nitrogens with one attached hydrogen (secondary N) is 2. The van der Waals surface area contributed by atoms with Crippen LogP contribution in [0, 0.1) is 13.8 Å². The number of sulfonamides is 1. The lowest BCUT2D eigenvalue weighted by Crippen LogP contribution is -2.15. The lowest BCUT2D eigenvalue weighted by atomic mass is 10.1. The normalized spacial score (nSPS) is 11.5. The van der Waals surface area contributed by atoms with Crippen molar-refractivity contribution in [3.8, 4) is 0 Å². The fourth-order valence-corrected chi connectivity index (χ4v) is 5.10. The molecule has 0 aliphatic carbocycles. The average molecular weight is 472 g/mol. The Kier molecular flexibility index (Phi) is 5.70. The van der Waals surface area contributed by atoms with Crippen LogP contribution in [0.5, 0.6) is 0 Å². The van der Waals surface area contributed by atoms with Crippen LogP contribution in [0.2, 0.25) is 5.02 Å². The molecule has 0 atom stereocenters. The average Bonchev–Trinajstić information content (AvgIpc) is 3.14. The number of carbonyl (C=O) groups is 1. The highest BCUT2D eigenvalue weighted by Gasteiger charge is 2.16. The van der Waals surface area contributed by atoms with Crippen molar-refractivity contribution in [1.82, 2.24) is 4.98 Å². The van der Waals surface area contributed by atoms with Crippen LogP contribution in [0.25, 0.3) is 10.2 Å². The second-order valence-corrected chi connectivity index (χ2v) is 10.1. The molecular weight excluding hydrogens is 454 g/mol. The van der Waals surface area contributed by atoms with Crippen molar-refractivity contribution in [1.29, 1.82) is 0 Å². The first-order valence-corrected chi connectivity index (χ1v) is 12.0. The minimum absolute atomic E-state index is 0.0758. The van der Waals surface area contributed by atoms with E-state index >= 15 is 0 Å². The van der Waals surface area contributed by atoms with E-state index in [1.807, 2.05) is 26.0 Å². The first kappa shape index (κ1) is 21.3. The first-order valence-electron chi connectivity index (χ1n) is 9.29. The summed E-state index contributed by atoms with van der Waals surface area (Å²) < 4.78 is 28.6. The number of nitrogens with zero attached hydrogens (tertiary/aromatic N) is 1. The highest BCUT2D eigenvalue weighted by atomic mass is 35.5. The van der Waals surface area contributed by atoms with Gasteiger partial charge in [-0.05, 0) is 73.5 Å². The van der Waals surface area contributed by atoms with Gasteiger partial charge in [0, 0.05) is 16.3 Å². The zero-order valence-electron chi connectivity index (χ0n) is 16.6. The third-order valence-electron chi connectivity index (χ3n) is 4.81. The van der Waals surface area contributed by atoms with Crippen molar-refractivity contribution < 1.29 is 13.2 Å². The minimum Gasteiger partial charge on any atom is -0.298 e. The van der Waals surface area contributed by atoms with Gasteiger partial charge in [-0.15, -0.1) is 0 Å². The maximum absolute atomic E-state index is 12.7. The van der Waals surface area contributed by atoms with Gasteiger partial charge in [0.15, 0.2) is 5.13 Å². The van der Waals surface area contributed by atoms with Gasteiger partial charge in [0.1, 0.15) is 0 Å². The van der Waals surface area contributed by atoms with Crippen LogP contribution in [0.4, 0.5) is 10.8 Å². The van der Waals surface area contributed by atoms with E-state index in [-0.39, 0.29) is 16.5 Å². The SMILES string of the molecule is Cc1ccc2sc(NC(=O)c3cccc(NS(=O)(=O)c4ccc(Cl)cc4)c3)nc2c1C. The highest BCUT2D eigenvalue weighted by molar-refractivity contribution is 7.92. The fraction of sp³-hybridized carbons (Fsp3) is 0.0909. The number of fused-ring (bicyclic) bond motifs is 1. The van der Waals surface area contributed by atoms with Gasteiger partial charge in [-0.3, -0.25) is 14.8 Å². The van der Waals surface area contributed by atoms with Gasteiger partial charge < -0.3 is 0 Å². The van der Waals surface area contributed by atoms with Crippen LogP contribution in [0.1, 0.15) is 21.5 Å².